The topological polar surface area (TPSA) is 55.1 Å². The van der Waals surface area contributed by atoms with Crippen LogP contribution in [0.3, 0.4) is 0 Å². The number of hydrogen-bond donors (Lipinski definition) is 2. The summed E-state index contributed by atoms with van der Waals surface area (Å²) in [5.74, 6) is -2.12. The van der Waals surface area contributed by atoms with Gasteiger partial charge in [-0.3, -0.25) is 4.79 Å². The van der Waals surface area contributed by atoms with Crippen LogP contribution in [0.2, 0.25) is 0 Å². The second kappa shape index (κ2) is 7.06. The van der Waals surface area contributed by atoms with E-state index in [0.717, 1.165) is 31.4 Å². The minimum Gasteiger partial charge on any atom is -0.348 e. The number of nitrogens with two attached hydrogens (primary N) is 1. The number of unbranched alkanes of at least 4 members (excludes halogenated alkanes) is 1. The van der Waals surface area contributed by atoms with Gasteiger partial charge in [0.15, 0.2) is 0 Å². The van der Waals surface area contributed by atoms with E-state index in [2.05, 4.69) is 5.32 Å². The largest absolute Gasteiger partial charge is 0.348 e. The van der Waals surface area contributed by atoms with Crippen LogP contribution in [0.5, 0.6) is 0 Å². The smallest absolute Gasteiger partial charge is 0.254 e. The zero-order valence-corrected chi connectivity index (χ0v) is 10.4. The Bertz CT molecular complexity index is 410. The van der Waals surface area contributed by atoms with Crippen LogP contribution in [-0.4, -0.2) is 18.5 Å². The molecule has 1 unspecified atom stereocenters. The number of nitrogens with one attached hydrogen (secondary N) is 1. The molecule has 1 rings (SSSR count). The standard InChI is InChI=1S/C13H18F2N2O/c1-2-3-4-10(8-16)17-13(18)11-6-5-9(14)7-12(11)15/h5-7,10H,2-4,8,16H2,1H3,(H,17,18). The summed E-state index contributed by atoms with van der Waals surface area (Å²) in [5, 5.41) is 2.65. The van der Waals surface area contributed by atoms with Gasteiger partial charge >= 0.3 is 0 Å². The van der Waals surface area contributed by atoms with E-state index in [1.165, 1.54) is 0 Å². The predicted molar refractivity (Wildman–Crippen MR) is 66.2 cm³/mol. The summed E-state index contributed by atoms with van der Waals surface area (Å²) in [6.07, 6.45) is 2.69. The third-order valence-electron chi connectivity index (χ3n) is 2.70. The molecule has 1 amide bonds. The van der Waals surface area contributed by atoms with Crippen molar-refractivity contribution in [3.8, 4) is 0 Å². The van der Waals surface area contributed by atoms with Crippen LogP contribution in [0.4, 0.5) is 8.78 Å². The van der Waals surface area contributed by atoms with Gasteiger partial charge in [0.2, 0.25) is 0 Å². The van der Waals surface area contributed by atoms with Crippen molar-refractivity contribution in [1.82, 2.24) is 5.32 Å². The first-order valence-electron chi connectivity index (χ1n) is 6.04. The van der Waals surface area contributed by atoms with Crippen LogP contribution in [0.1, 0.15) is 36.5 Å². The molecule has 0 bridgehead atoms. The minimum absolute atomic E-state index is 0.161. The van der Waals surface area contributed by atoms with E-state index in [9.17, 15) is 13.6 Å². The van der Waals surface area contributed by atoms with Crippen LogP contribution in [0, 0.1) is 11.6 Å². The van der Waals surface area contributed by atoms with Gasteiger partial charge in [0.25, 0.3) is 5.91 Å². The molecule has 3 nitrogen and oxygen atoms in total. The molecule has 1 atom stereocenters. The second-order valence-corrected chi connectivity index (χ2v) is 4.17. The van der Waals surface area contributed by atoms with Crippen LogP contribution in [0.15, 0.2) is 18.2 Å². The number of carbonyl (C=O) groups is 1. The van der Waals surface area contributed by atoms with Crippen molar-refractivity contribution in [3.63, 3.8) is 0 Å². The van der Waals surface area contributed by atoms with Crippen molar-refractivity contribution in [1.29, 1.82) is 0 Å². The number of halogens is 2. The number of rotatable bonds is 6. The van der Waals surface area contributed by atoms with E-state index in [-0.39, 0.29) is 11.6 Å². The summed E-state index contributed by atoms with van der Waals surface area (Å²) in [4.78, 5) is 11.8. The maximum atomic E-state index is 13.4. The van der Waals surface area contributed by atoms with Crippen LogP contribution in [-0.2, 0) is 0 Å². The van der Waals surface area contributed by atoms with Gasteiger partial charge in [-0.05, 0) is 18.6 Å². The van der Waals surface area contributed by atoms with E-state index in [0.29, 0.717) is 12.6 Å². The summed E-state index contributed by atoms with van der Waals surface area (Å²) in [6.45, 7) is 2.34. The van der Waals surface area contributed by atoms with Gasteiger partial charge in [-0.15, -0.1) is 0 Å². The van der Waals surface area contributed by atoms with Crippen LogP contribution >= 0.6 is 0 Å². The zero-order valence-electron chi connectivity index (χ0n) is 10.4. The lowest BCUT2D eigenvalue weighted by molar-refractivity contribution is 0.0931. The first-order chi connectivity index (χ1) is 8.58. The SMILES string of the molecule is CCCCC(CN)NC(=O)c1ccc(F)cc1F. The van der Waals surface area contributed by atoms with Crippen molar-refractivity contribution in [2.75, 3.05) is 6.54 Å². The molecule has 0 aromatic heterocycles. The van der Waals surface area contributed by atoms with Gasteiger partial charge in [-0.2, -0.15) is 0 Å². The molecular formula is C13H18F2N2O. The van der Waals surface area contributed by atoms with Crippen molar-refractivity contribution >= 4 is 5.91 Å². The molecule has 0 fully saturated rings. The molecule has 0 radical (unpaired) electrons. The Morgan fingerprint density at radius 2 is 2.17 bits per heavy atom. The summed E-state index contributed by atoms with van der Waals surface area (Å²) in [6, 6.07) is 2.70. The molecule has 5 heteroatoms. The Hall–Kier alpha value is -1.49. The Kier molecular flexibility index (Phi) is 5.71. The maximum Gasteiger partial charge on any atom is 0.254 e. The molecule has 100 valence electrons. The molecule has 0 saturated heterocycles. The highest BCUT2D eigenvalue weighted by Gasteiger charge is 2.15. The lowest BCUT2D eigenvalue weighted by atomic mass is 10.1. The minimum atomic E-state index is -0.862. The molecule has 0 aliphatic heterocycles. The Labute approximate surface area is 105 Å². The van der Waals surface area contributed by atoms with E-state index < -0.39 is 17.5 Å². The summed E-state index contributed by atoms with van der Waals surface area (Å²) in [7, 11) is 0. The molecule has 0 aliphatic rings. The first-order valence-corrected chi connectivity index (χ1v) is 6.04. The highest BCUT2D eigenvalue weighted by molar-refractivity contribution is 5.94. The summed E-state index contributed by atoms with van der Waals surface area (Å²) >= 11 is 0. The molecule has 0 saturated carbocycles. The Morgan fingerprint density at radius 3 is 2.72 bits per heavy atom. The highest BCUT2D eigenvalue weighted by atomic mass is 19.1. The molecule has 3 N–H and O–H groups in total. The number of benzene rings is 1. The number of amides is 1. The van der Waals surface area contributed by atoms with Crippen molar-refractivity contribution in [2.45, 2.75) is 32.2 Å². The lowest BCUT2D eigenvalue weighted by Gasteiger charge is -2.16. The fraction of sp³-hybridized carbons (Fsp3) is 0.462. The molecule has 18 heavy (non-hydrogen) atoms. The van der Waals surface area contributed by atoms with E-state index in [4.69, 9.17) is 5.73 Å². The fourth-order valence-electron chi connectivity index (χ4n) is 1.64. The fourth-order valence-corrected chi connectivity index (χ4v) is 1.64. The molecule has 1 aromatic carbocycles. The average molecular weight is 256 g/mol. The molecule has 0 spiro atoms. The lowest BCUT2D eigenvalue weighted by Crippen LogP contribution is -2.40. The third kappa shape index (κ3) is 4.07. The monoisotopic (exact) mass is 256 g/mol. The number of carbonyl (C=O) groups excluding carboxylic acids is 1. The summed E-state index contributed by atoms with van der Waals surface area (Å²) < 4.78 is 26.1. The van der Waals surface area contributed by atoms with Crippen molar-refractivity contribution < 1.29 is 13.6 Å². The third-order valence-corrected chi connectivity index (χ3v) is 2.70. The first kappa shape index (κ1) is 14.6. The highest BCUT2D eigenvalue weighted by Crippen LogP contribution is 2.10. The van der Waals surface area contributed by atoms with Gasteiger partial charge < -0.3 is 11.1 Å². The van der Waals surface area contributed by atoms with Gasteiger partial charge in [-0.25, -0.2) is 8.78 Å². The molecule has 0 heterocycles. The average Bonchev–Trinajstić information content (AvgIpc) is 2.34. The van der Waals surface area contributed by atoms with E-state index in [1.807, 2.05) is 6.92 Å². The van der Waals surface area contributed by atoms with Crippen LogP contribution in [0.25, 0.3) is 0 Å². The molecule has 1 aromatic rings. The zero-order chi connectivity index (χ0) is 13.5. The Morgan fingerprint density at radius 1 is 1.44 bits per heavy atom. The van der Waals surface area contributed by atoms with Gasteiger partial charge in [0.05, 0.1) is 5.56 Å². The van der Waals surface area contributed by atoms with E-state index >= 15 is 0 Å². The van der Waals surface area contributed by atoms with Crippen LogP contribution < -0.4 is 11.1 Å². The molecule has 0 aliphatic carbocycles. The van der Waals surface area contributed by atoms with Crippen molar-refractivity contribution in [3.05, 3.63) is 35.4 Å². The second-order valence-electron chi connectivity index (χ2n) is 4.17. The number of hydrogen-bond acceptors (Lipinski definition) is 2. The van der Waals surface area contributed by atoms with E-state index in [1.54, 1.807) is 0 Å². The predicted octanol–water partition coefficient (Wildman–Crippen LogP) is 2.21. The summed E-state index contributed by atoms with van der Waals surface area (Å²) in [5.41, 5.74) is 5.37. The maximum absolute atomic E-state index is 13.4. The van der Waals surface area contributed by atoms with Gasteiger partial charge in [0.1, 0.15) is 11.6 Å². The Balaban J connectivity index is 2.68. The molecular weight excluding hydrogens is 238 g/mol. The van der Waals surface area contributed by atoms with Crippen molar-refractivity contribution in [2.24, 2.45) is 5.73 Å². The quantitative estimate of drug-likeness (QED) is 0.820. The normalized spacial score (nSPS) is 12.2. The van der Waals surface area contributed by atoms with Gasteiger partial charge in [0, 0.05) is 18.7 Å². The van der Waals surface area contributed by atoms with Gasteiger partial charge in [-0.1, -0.05) is 19.8 Å².